The van der Waals surface area contributed by atoms with Gasteiger partial charge in [0.2, 0.25) is 0 Å². The minimum atomic E-state index is 0.0882. The van der Waals surface area contributed by atoms with Gasteiger partial charge in [-0.15, -0.1) is 0 Å². The summed E-state index contributed by atoms with van der Waals surface area (Å²) in [7, 11) is 0. The molecule has 5 aliphatic carbocycles. The Morgan fingerprint density at radius 3 is 1.32 bits per heavy atom. The highest BCUT2D eigenvalue weighted by Gasteiger charge is 2.40. The van der Waals surface area contributed by atoms with E-state index in [1.807, 2.05) is 49.9 Å². The Kier molecular flexibility index (Phi) is 13.4. The normalized spacial score (nSPS) is 15.7. The minimum absolute atomic E-state index is 0.0882. The first kappa shape index (κ1) is 53.8. The van der Waals surface area contributed by atoms with E-state index in [2.05, 4.69) is 256 Å². The third-order valence-corrected chi connectivity index (χ3v) is 17.9. The predicted octanol–water partition coefficient (Wildman–Crippen LogP) is 18.5. The fraction of sp³-hybridized carbons (Fsp3) is 0.267. The SMILES string of the molecule is Cc1ccc2c(c1)-c1ncccc1C2(C)C.Cc1ccc2c(c1)C(C)(C)c1cccnc1-2.Cc1ccc2c(n1)-c1ccccc1C2(C)C.Cc1cccc2c1-c1ncccc1C2(C)C.Cc1cnc2c(c1)C(C)(C)c1ccccc1-2. The van der Waals surface area contributed by atoms with Gasteiger partial charge in [-0.1, -0.05) is 208 Å². The Morgan fingerprint density at radius 2 is 0.688 bits per heavy atom. The Bertz CT molecular complexity index is 3840. The van der Waals surface area contributed by atoms with Crippen molar-refractivity contribution in [2.24, 2.45) is 0 Å². The third-order valence-electron chi connectivity index (χ3n) is 17.9. The molecule has 5 aliphatic rings. The molecule has 5 heteroatoms. The van der Waals surface area contributed by atoms with Crippen LogP contribution in [0.4, 0.5) is 0 Å². The van der Waals surface area contributed by atoms with Gasteiger partial charge >= 0.3 is 0 Å². The molecule has 0 bridgehead atoms. The second kappa shape index (κ2) is 19.9. The molecule has 0 N–H and O–H groups in total. The lowest BCUT2D eigenvalue weighted by Gasteiger charge is -2.21. The molecule has 80 heavy (non-hydrogen) atoms. The van der Waals surface area contributed by atoms with Crippen LogP contribution in [0.25, 0.3) is 56.3 Å². The average molecular weight is 1050 g/mol. The van der Waals surface area contributed by atoms with Crippen molar-refractivity contribution in [3.05, 3.63) is 266 Å². The summed E-state index contributed by atoms with van der Waals surface area (Å²) in [5.74, 6) is 0. The van der Waals surface area contributed by atoms with Crippen LogP contribution >= 0.6 is 0 Å². The highest BCUT2D eigenvalue weighted by Crippen LogP contribution is 2.52. The minimum Gasteiger partial charge on any atom is -0.256 e. The Hall–Kier alpha value is -8.15. The number of rotatable bonds is 0. The molecule has 0 aliphatic heterocycles. The largest absolute Gasteiger partial charge is 0.256 e. The molecule has 0 amide bonds. The van der Waals surface area contributed by atoms with Crippen molar-refractivity contribution in [1.82, 2.24) is 24.9 Å². The monoisotopic (exact) mass is 1050 g/mol. The van der Waals surface area contributed by atoms with Crippen LogP contribution in [0.5, 0.6) is 0 Å². The summed E-state index contributed by atoms with van der Waals surface area (Å²) in [4.78, 5) is 22.9. The van der Waals surface area contributed by atoms with Gasteiger partial charge in [0.05, 0.1) is 28.5 Å². The Morgan fingerprint density at radius 1 is 0.275 bits per heavy atom. The summed E-state index contributed by atoms with van der Waals surface area (Å²) in [5, 5.41) is 0. The lowest BCUT2D eigenvalue weighted by Crippen LogP contribution is -2.15. The number of hydrogen-bond acceptors (Lipinski definition) is 5. The predicted molar refractivity (Wildman–Crippen MR) is 333 cm³/mol. The zero-order chi connectivity index (χ0) is 56.7. The number of pyridine rings is 5. The second-order valence-electron chi connectivity index (χ2n) is 25.3. The molecule has 0 fully saturated rings. The topological polar surface area (TPSA) is 64.5 Å². The molecule has 5 nitrogen and oxygen atoms in total. The molecular formula is C75H75N5. The van der Waals surface area contributed by atoms with Crippen molar-refractivity contribution in [2.75, 3.05) is 0 Å². The zero-order valence-electron chi connectivity index (χ0n) is 49.6. The average Bonchev–Trinajstić information content (AvgIpc) is 4.09. The highest BCUT2D eigenvalue weighted by molar-refractivity contribution is 5.82. The van der Waals surface area contributed by atoms with Gasteiger partial charge in [-0.2, -0.15) is 0 Å². The van der Waals surface area contributed by atoms with Gasteiger partial charge in [-0.3, -0.25) is 24.9 Å². The third kappa shape index (κ3) is 8.90. The van der Waals surface area contributed by atoms with Crippen LogP contribution < -0.4 is 0 Å². The fourth-order valence-electron chi connectivity index (χ4n) is 13.4. The Labute approximate surface area is 475 Å². The molecular weight excluding hydrogens is 971 g/mol. The van der Waals surface area contributed by atoms with Crippen LogP contribution in [0.3, 0.4) is 0 Å². The van der Waals surface area contributed by atoms with Crippen molar-refractivity contribution in [3.63, 3.8) is 0 Å². The summed E-state index contributed by atoms with van der Waals surface area (Å²) >= 11 is 0. The molecule has 0 unspecified atom stereocenters. The fourth-order valence-corrected chi connectivity index (χ4v) is 13.4. The molecule has 10 aromatic rings. The number of benzene rings is 5. The van der Waals surface area contributed by atoms with Gasteiger partial charge in [-0.05, 0) is 132 Å². The molecule has 0 saturated carbocycles. The summed E-state index contributed by atoms with van der Waals surface area (Å²) in [6.45, 7) is 33.3. The van der Waals surface area contributed by atoms with Gasteiger partial charge in [0.15, 0.2) is 0 Å². The zero-order valence-corrected chi connectivity index (χ0v) is 49.6. The molecule has 0 atom stereocenters. The smallest absolute Gasteiger partial charge is 0.0749 e. The van der Waals surface area contributed by atoms with Crippen molar-refractivity contribution in [1.29, 1.82) is 0 Å². The Balaban J connectivity index is 0.000000105. The summed E-state index contributed by atoms with van der Waals surface area (Å²) in [6, 6.07) is 56.3. The van der Waals surface area contributed by atoms with E-state index in [-0.39, 0.29) is 27.1 Å². The van der Waals surface area contributed by atoms with Crippen LogP contribution in [0, 0.1) is 34.6 Å². The number of fused-ring (bicyclic) bond motifs is 15. The van der Waals surface area contributed by atoms with Crippen molar-refractivity contribution < 1.29 is 0 Å². The molecule has 5 heterocycles. The first-order valence-corrected chi connectivity index (χ1v) is 28.4. The lowest BCUT2D eigenvalue weighted by atomic mass is 9.82. The molecule has 0 saturated heterocycles. The van der Waals surface area contributed by atoms with E-state index < -0.39 is 0 Å². The van der Waals surface area contributed by atoms with E-state index in [0.717, 1.165) is 22.8 Å². The maximum Gasteiger partial charge on any atom is 0.0749 e. The summed E-state index contributed by atoms with van der Waals surface area (Å²) in [6.07, 6.45) is 7.60. The van der Waals surface area contributed by atoms with E-state index in [9.17, 15) is 0 Å². The van der Waals surface area contributed by atoms with E-state index in [0.29, 0.717) is 0 Å². The maximum absolute atomic E-state index is 4.69. The van der Waals surface area contributed by atoms with Gasteiger partial charge in [0.25, 0.3) is 0 Å². The highest BCUT2D eigenvalue weighted by atomic mass is 14.7. The molecule has 5 aromatic heterocycles. The van der Waals surface area contributed by atoms with Crippen LogP contribution in [-0.4, -0.2) is 24.9 Å². The lowest BCUT2D eigenvalue weighted by molar-refractivity contribution is 0.658. The summed E-state index contributed by atoms with van der Waals surface area (Å²) < 4.78 is 0. The number of hydrogen-bond donors (Lipinski definition) is 0. The first-order valence-electron chi connectivity index (χ1n) is 28.4. The van der Waals surface area contributed by atoms with E-state index in [1.165, 1.54) is 117 Å². The molecule has 0 radical (unpaired) electrons. The van der Waals surface area contributed by atoms with Crippen molar-refractivity contribution in [3.8, 4) is 56.3 Å². The molecule has 400 valence electrons. The van der Waals surface area contributed by atoms with E-state index in [1.54, 1.807) is 0 Å². The van der Waals surface area contributed by atoms with Crippen LogP contribution in [0.1, 0.15) is 153 Å². The number of aromatic nitrogens is 5. The molecule has 15 rings (SSSR count). The van der Waals surface area contributed by atoms with Crippen LogP contribution in [-0.2, 0) is 27.1 Å². The van der Waals surface area contributed by atoms with Gasteiger partial charge in [0.1, 0.15) is 0 Å². The van der Waals surface area contributed by atoms with Gasteiger partial charge in [-0.25, -0.2) is 0 Å². The van der Waals surface area contributed by atoms with Gasteiger partial charge < -0.3 is 0 Å². The summed E-state index contributed by atoms with van der Waals surface area (Å²) in [5.41, 5.74) is 32.8. The second-order valence-corrected chi connectivity index (χ2v) is 25.3. The molecule has 0 spiro atoms. The van der Waals surface area contributed by atoms with E-state index >= 15 is 0 Å². The molecule has 5 aromatic carbocycles. The standard InChI is InChI=1S/5C15H15N/c1-10-6-4-7-11-13(10)14-12(15(11,2)3)8-5-9-16-14;1-10-6-7-12-11(9-10)14-13(15(12,2)3)5-4-8-16-14;1-10-6-7-11-13(9-10)15(2,3)12-5-4-8-16-14(11)12;1-10-8-13-14(16-9-10)11-6-4-5-7-12(11)15(13,2)3;1-10-8-9-13-14(16-10)11-6-4-5-7-12(11)15(13,2)3/h5*4-9H,1-3H3. The first-order chi connectivity index (χ1) is 38.0. The van der Waals surface area contributed by atoms with Gasteiger partial charge in [0, 0.05) is 85.4 Å². The quantitative estimate of drug-likeness (QED) is 0.151. The van der Waals surface area contributed by atoms with Crippen molar-refractivity contribution >= 4 is 0 Å². The number of aryl methyl sites for hydroxylation is 5. The maximum atomic E-state index is 4.69. The van der Waals surface area contributed by atoms with Crippen LogP contribution in [0.15, 0.2) is 183 Å². The number of nitrogens with zero attached hydrogens (tertiary/aromatic N) is 5. The van der Waals surface area contributed by atoms with Crippen LogP contribution in [0.2, 0.25) is 0 Å². The van der Waals surface area contributed by atoms with Crippen molar-refractivity contribution in [2.45, 2.75) is 131 Å². The van der Waals surface area contributed by atoms with E-state index in [4.69, 9.17) is 4.98 Å².